The molecule has 1 fully saturated rings. The highest BCUT2D eigenvalue weighted by atomic mass is 16.5. The number of hydrogen-bond acceptors (Lipinski definition) is 5. The van der Waals surface area contributed by atoms with E-state index in [1.807, 2.05) is 0 Å². The molecule has 0 aromatic carbocycles. The van der Waals surface area contributed by atoms with Gasteiger partial charge in [0.25, 0.3) is 5.91 Å². The van der Waals surface area contributed by atoms with E-state index in [0.717, 1.165) is 0 Å². The van der Waals surface area contributed by atoms with Crippen molar-refractivity contribution in [1.82, 2.24) is 9.91 Å². The molecule has 1 amide bonds. The monoisotopic (exact) mass is 238 g/mol. The summed E-state index contributed by atoms with van der Waals surface area (Å²) in [4.78, 5) is 13.7. The van der Waals surface area contributed by atoms with Crippen molar-refractivity contribution in [3.05, 3.63) is 12.2 Å². The number of piperazine rings is 1. The average Bonchev–Trinajstić information content (AvgIpc) is 2.29. The molecule has 2 N–H and O–H groups in total. The lowest BCUT2D eigenvalue weighted by Gasteiger charge is -2.39. The van der Waals surface area contributed by atoms with E-state index in [-0.39, 0.29) is 25.0 Å². The maximum absolute atomic E-state index is 12.1. The van der Waals surface area contributed by atoms with E-state index in [1.54, 1.807) is 9.91 Å². The van der Waals surface area contributed by atoms with Gasteiger partial charge in [-0.15, -0.1) is 0 Å². The first-order valence-corrected chi connectivity index (χ1v) is 5.44. The van der Waals surface area contributed by atoms with E-state index >= 15 is 0 Å². The molecule has 0 aromatic rings. The molecular formula is C11H18N4O2. The molecule has 0 unspecified atom stereocenters. The minimum atomic E-state index is -0.167. The second-order valence-corrected chi connectivity index (χ2v) is 4.05. The van der Waals surface area contributed by atoms with Gasteiger partial charge >= 0.3 is 0 Å². The van der Waals surface area contributed by atoms with Crippen molar-refractivity contribution < 1.29 is 9.53 Å². The van der Waals surface area contributed by atoms with Crippen LogP contribution in [0.25, 0.3) is 0 Å². The van der Waals surface area contributed by atoms with Crippen LogP contribution in [-0.2, 0) is 9.53 Å². The van der Waals surface area contributed by atoms with Crippen molar-refractivity contribution in [2.75, 3.05) is 33.4 Å². The van der Waals surface area contributed by atoms with Crippen molar-refractivity contribution in [2.45, 2.75) is 12.5 Å². The molecule has 0 saturated carbocycles. The Morgan fingerprint density at radius 2 is 2.35 bits per heavy atom. The Morgan fingerprint density at radius 3 is 2.94 bits per heavy atom. The first-order valence-electron chi connectivity index (χ1n) is 5.44. The predicted octanol–water partition coefficient (Wildman–Crippen LogP) is -0.511. The SMILES string of the molecule is C=C(COC)C(=O)N1CCN(N)C[C@@H]1CC#N. The first kappa shape index (κ1) is 13.6. The van der Waals surface area contributed by atoms with Crippen LogP contribution < -0.4 is 5.84 Å². The van der Waals surface area contributed by atoms with Crippen LogP contribution in [0.4, 0.5) is 0 Å². The number of nitrogens with two attached hydrogens (primary N) is 1. The molecule has 0 aliphatic carbocycles. The van der Waals surface area contributed by atoms with Crippen LogP contribution >= 0.6 is 0 Å². The Hall–Kier alpha value is -1.42. The standard InChI is InChI=1S/C11H18N4O2/c1-9(8-17-2)11(16)15-6-5-14(13)7-10(15)3-4-12/h10H,1,3,5-8,13H2,2H3/t10-/m0/s1. The summed E-state index contributed by atoms with van der Waals surface area (Å²) in [5.41, 5.74) is 0.404. The molecule has 1 rings (SSSR count). The smallest absolute Gasteiger partial charge is 0.251 e. The molecule has 0 spiro atoms. The lowest BCUT2D eigenvalue weighted by molar-refractivity contribution is -0.132. The number of nitriles is 1. The molecular weight excluding hydrogens is 220 g/mol. The molecule has 0 aromatic heterocycles. The fraction of sp³-hybridized carbons (Fsp3) is 0.636. The zero-order valence-electron chi connectivity index (χ0n) is 10.1. The van der Waals surface area contributed by atoms with Crippen LogP contribution in [-0.4, -0.2) is 55.2 Å². The van der Waals surface area contributed by atoms with E-state index in [4.69, 9.17) is 15.8 Å². The third-order valence-corrected chi connectivity index (χ3v) is 2.72. The maximum atomic E-state index is 12.1. The predicted molar refractivity (Wildman–Crippen MR) is 62.5 cm³/mol. The molecule has 1 saturated heterocycles. The van der Waals surface area contributed by atoms with Crippen molar-refractivity contribution in [3.63, 3.8) is 0 Å². The summed E-state index contributed by atoms with van der Waals surface area (Å²) in [5, 5.41) is 10.4. The second kappa shape index (κ2) is 6.35. The highest BCUT2D eigenvalue weighted by Crippen LogP contribution is 2.13. The van der Waals surface area contributed by atoms with Gasteiger partial charge in [-0.25, -0.2) is 5.01 Å². The molecule has 6 heteroatoms. The maximum Gasteiger partial charge on any atom is 0.251 e. The van der Waals surface area contributed by atoms with Gasteiger partial charge in [-0.2, -0.15) is 5.26 Å². The van der Waals surface area contributed by atoms with Crippen LogP contribution in [0, 0.1) is 11.3 Å². The lowest BCUT2D eigenvalue weighted by Crippen LogP contribution is -2.57. The highest BCUT2D eigenvalue weighted by molar-refractivity contribution is 5.93. The molecule has 1 atom stereocenters. The largest absolute Gasteiger partial charge is 0.380 e. The summed E-state index contributed by atoms with van der Waals surface area (Å²) in [6, 6.07) is 1.91. The Bertz CT molecular complexity index is 337. The van der Waals surface area contributed by atoms with E-state index in [9.17, 15) is 4.79 Å². The quantitative estimate of drug-likeness (QED) is 0.527. The normalized spacial score (nSPS) is 21.0. The number of carbonyl (C=O) groups excluding carboxylic acids is 1. The number of ether oxygens (including phenoxy) is 1. The number of hydrogen-bond donors (Lipinski definition) is 1. The lowest BCUT2D eigenvalue weighted by atomic mass is 10.1. The fourth-order valence-electron chi connectivity index (χ4n) is 1.87. The summed E-state index contributed by atoms with van der Waals surface area (Å²) in [5.74, 6) is 5.54. The van der Waals surface area contributed by atoms with Gasteiger partial charge in [-0.05, 0) is 0 Å². The van der Waals surface area contributed by atoms with Crippen LogP contribution in [0.1, 0.15) is 6.42 Å². The van der Waals surface area contributed by atoms with E-state index < -0.39 is 0 Å². The summed E-state index contributed by atoms with van der Waals surface area (Å²) < 4.78 is 4.88. The molecule has 1 aliphatic rings. The first-order chi connectivity index (χ1) is 8.10. The van der Waals surface area contributed by atoms with Gasteiger partial charge in [0.1, 0.15) is 0 Å². The number of amides is 1. The number of hydrazine groups is 1. The molecule has 17 heavy (non-hydrogen) atoms. The van der Waals surface area contributed by atoms with Crippen molar-refractivity contribution in [2.24, 2.45) is 5.84 Å². The zero-order valence-corrected chi connectivity index (χ0v) is 10.1. The molecule has 94 valence electrons. The van der Waals surface area contributed by atoms with Crippen molar-refractivity contribution in [3.8, 4) is 6.07 Å². The Kier molecular flexibility index (Phi) is 5.10. The van der Waals surface area contributed by atoms with Gasteiger partial charge in [0.2, 0.25) is 0 Å². The van der Waals surface area contributed by atoms with Crippen LogP contribution in [0.15, 0.2) is 12.2 Å². The van der Waals surface area contributed by atoms with E-state index in [2.05, 4.69) is 12.6 Å². The summed E-state index contributed by atoms with van der Waals surface area (Å²) in [6.07, 6.45) is 0.277. The molecule has 1 heterocycles. The van der Waals surface area contributed by atoms with Gasteiger partial charge in [0, 0.05) is 32.3 Å². The van der Waals surface area contributed by atoms with Crippen LogP contribution in [0.2, 0.25) is 0 Å². The minimum Gasteiger partial charge on any atom is -0.380 e. The van der Waals surface area contributed by atoms with E-state index in [0.29, 0.717) is 25.2 Å². The summed E-state index contributed by atoms with van der Waals surface area (Å²) >= 11 is 0. The second-order valence-electron chi connectivity index (χ2n) is 4.05. The zero-order chi connectivity index (χ0) is 12.8. The summed E-state index contributed by atoms with van der Waals surface area (Å²) in [7, 11) is 1.52. The van der Waals surface area contributed by atoms with Gasteiger partial charge < -0.3 is 9.64 Å². The third-order valence-electron chi connectivity index (χ3n) is 2.72. The number of carbonyl (C=O) groups is 1. The fourth-order valence-corrected chi connectivity index (χ4v) is 1.87. The van der Waals surface area contributed by atoms with Crippen molar-refractivity contribution >= 4 is 5.91 Å². The number of rotatable bonds is 4. The van der Waals surface area contributed by atoms with Crippen LogP contribution in [0.5, 0.6) is 0 Å². The van der Waals surface area contributed by atoms with Crippen LogP contribution in [0.3, 0.4) is 0 Å². The minimum absolute atomic E-state index is 0.153. The van der Waals surface area contributed by atoms with Gasteiger partial charge in [-0.3, -0.25) is 10.6 Å². The number of nitrogens with zero attached hydrogens (tertiary/aromatic N) is 3. The van der Waals surface area contributed by atoms with Gasteiger partial charge in [0.15, 0.2) is 0 Å². The van der Waals surface area contributed by atoms with Gasteiger partial charge in [0.05, 0.1) is 25.1 Å². The molecule has 1 aliphatic heterocycles. The Balaban J connectivity index is 2.69. The molecule has 0 bridgehead atoms. The van der Waals surface area contributed by atoms with Crippen molar-refractivity contribution in [1.29, 1.82) is 5.26 Å². The molecule has 0 radical (unpaired) electrons. The van der Waals surface area contributed by atoms with Gasteiger partial charge in [-0.1, -0.05) is 6.58 Å². The number of methoxy groups -OCH3 is 1. The Morgan fingerprint density at radius 1 is 1.65 bits per heavy atom. The third kappa shape index (κ3) is 3.53. The van der Waals surface area contributed by atoms with E-state index in [1.165, 1.54) is 7.11 Å². The Labute approximate surface area is 101 Å². The topological polar surface area (TPSA) is 82.6 Å². The average molecular weight is 238 g/mol. The summed E-state index contributed by atoms with van der Waals surface area (Å²) in [6.45, 7) is 5.54. The molecule has 6 nitrogen and oxygen atoms in total. The highest BCUT2D eigenvalue weighted by Gasteiger charge is 2.30.